The summed E-state index contributed by atoms with van der Waals surface area (Å²) < 4.78 is 60.3. The number of nitrogens with one attached hydrogen (secondary N) is 2. The number of aromatic nitrogens is 4. The van der Waals surface area contributed by atoms with Gasteiger partial charge in [-0.3, -0.25) is 9.11 Å². The van der Waals surface area contributed by atoms with Crippen LogP contribution in [0, 0.1) is 5.82 Å². The van der Waals surface area contributed by atoms with Gasteiger partial charge in [0, 0.05) is 30.4 Å². The first-order valence-electron chi connectivity index (χ1n) is 11.4. The van der Waals surface area contributed by atoms with Gasteiger partial charge in [-0.15, -0.1) is 0 Å². The number of anilines is 3. The Hall–Kier alpha value is -4.13. The minimum absolute atomic E-state index is 0.105. The SMILES string of the molecule is CCOc1cc(-c2cccc(NS(=O)(=O)CCCF)c2F)cc2c(N)nc(-c3cnc(NC)nc3)nc12. The molecule has 4 aromatic rings. The molecule has 4 rings (SSSR count). The third-order valence-electron chi connectivity index (χ3n) is 5.35. The summed E-state index contributed by atoms with van der Waals surface area (Å²) in [6, 6.07) is 7.51. The van der Waals surface area contributed by atoms with Gasteiger partial charge in [0.15, 0.2) is 11.6 Å². The molecule has 194 valence electrons. The van der Waals surface area contributed by atoms with Gasteiger partial charge in [-0.1, -0.05) is 12.1 Å². The van der Waals surface area contributed by atoms with Crippen LogP contribution < -0.4 is 20.5 Å². The van der Waals surface area contributed by atoms with Crippen molar-refractivity contribution in [2.45, 2.75) is 13.3 Å². The highest BCUT2D eigenvalue weighted by molar-refractivity contribution is 7.92. The van der Waals surface area contributed by atoms with Gasteiger partial charge in [-0.25, -0.2) is 32.7 Å². The molecule has 4 N–H and O–H groups in total. The monoisotopic (exact) mass is 529 g/mol. The Morgan fingerprint density at radius 2 is 1.86 bits per heavy atom. The van der Waals surface area contributed by atoms with Crippen molar-refractivity contribution >= 4 is 38.4 Å². The number of hydrogen-bond acceptors (Lipinski definition) is 9. The van der Waals surface area contributed by atoms with Crippen LogP contribution in [0.1, 0.15) is 13.3 Å². The van der Waals surface area contributed by atoms with Gasteiger partial charge in [0.2, 0.25) is 16.0 Å². The molecule has 0 radical (unpaired) electrons. The molecule has 2 aromatic carbocycles. The zero-order chi connectivity index (χ0) is 26.6. The number of sulfonamides is 1. The molecule has 0 unspecified atom stereocenters. The van der Waals surface area contributed by atoms with E-state index in [2.05, 4.69) is 30.0 Å². The van der Waals surface area contributed by atoms with Crippen LogP contribution in [0.4, 0.5) is 26.2 Å². The summed E-state index contributed by atoms with van der Waals surface area (Å²) in [6.07, 6.45) is 2.93. The van der Waals surface area contributed by atoms with E-state index in [1.807, 2.05) is 0 Å². The van der Waals surface area contributed by atoms with E-state index in [0.717, 1.165) is 0 Å². The van der Waals surface area contributed by atoms with Crippen LogP contribution in [0.25, 0.3) is 33.4 Å². The summed E-state index contributed by atoms with van der Waals surface area (Å²) in [5.74, 6) is -0.0684. The number of nitrogens with zero attached hydrogens (tertiary/aromatic N) is 4. The van der Waals surface area contributed by atoms with Crippen molar-refractivity contribution in [3.8, 4) is 28.3 Å². The molecular weight excluding hydrogens is 504 g/mol. The number of rotatable bonds is 10. The van der Waals surface area contributed by atoms with E-state index < -0.39 is 28.3 Å². The average Bonchev–Trinajstić information content (AvgIpc) is 2.89. The predicted molar refractivity (Wildman–Crippen MR) is 139 cm³/mol. The number of alkyl halides is 1. The number of hydrogen-bond donors (Lipinski definition) is 3. The second-order valence-corrected chi connectivity index (χ2v) is 9.75. The minimum atomic E-state index is -3.92. The maximum atomic E-state index is 15.5. The number of ether oxygens (including phenoxy) is 1. The van der Waals surface area contributed by atoms with Gasteiger partial charge < -0.3 is 15.8 Å². The highest BCUT2D eigenvalue weighted by Crippen LogP contribution is 2.37. The second kappa shape index (κ2) is 10.9. The largest absolute Gasteiger partial charge is 0.492 e. The van der Waals surface area contributed by atoms with Crippen LogP contribution in [0.15, 0.2) is 42.7 Å². The Balaban J connectivity index is 1.81. The van der Waals surface area contributed by atoms with Crippen molar-refractivity contribution in [1.82, 2.24) is 19.9 Å². The fraction of sp³-hybridized carbons (Fsp3) is 0.250. The molecular formula is C24H25F2N7O3S. The van der Waals surface area contributed by atoms with Crippen molar-refractivity contribution in [2.75, 3.05) is 41.9 Å². The van der Waals surface area contributed by atoms with Crippen LogP contribution in [0.5, 0.6) is 5.75 Å². The summed E-state index contributed by atoms with van der Waals surface area (Å²) in [6.45, 7) is 1.30. The average molecular weight is 530 g/mol. The Morgan fingerprint density at radius 1 is 1.11 bits per heavy atom. The summed E-state index contributed by atoms with van der Waals surface area (Å²) in [7, 11) is -2.22. The molecule has 0 atom stereocenters. The Bertz CT molecular complexity index is 1530. The highest BCUT2D eigenvalue weighted by atomic mass is 32.2. The molecule has 0 fully saturated rings. The number of nitrogens with two attached hydrogens (primary N) is 1. The lowest BCUT2D eigenvalue weighted by Crippen LogP contribution is -2.18. The quantitative estimate of drug-likeness (QED) is 0.277. The van der Waals surface area contributed by atoms with Crippen molar-refractivity contribution in [3.63, 3.8) is 0 Å². The molecule has 13 heteroatoms. The zero-order valence-electron chi connectivity index (χ0n) is 20.1. The highest BCUT2D eigenvalue weighted by Gasteiger charge is 2.19. The summed E-state index contributed by atoms with van der Waals surface area (Å²) in [5.41, 5.74) is 7.47. The van der Waals surface area contributed by atoms with E-state index in [9.17, 15) is 12.8 Å². The van der Waals surface area contributed by atoms with Gasteiger partial charge in [0.1, 0.15) is 17.1 Å². The van der Waals surface area contributed by atoms with Gasteiger partial charge in [0.05, 0.1) is 30.3 Å². The lowest BCUT2D eigenvalue weighted by molar-refractivity contribution is 0.344. The maximum absolute atomic E-state index is 15.5. The molecule has 0 aliphatic rings. The second-order valence-electron chi connectivity index (χ2n) is 7.91. The van der Waals surface area contributed by atoms with E-state index in [4.69, 9.17) is 10.5 Å². The fourth-order valence-electron chi connectivity index (χ4n) is 3.64. The summed E-state index contributed by atoms with van der Waals surface area (Å²) in [4.78, 5) is 17.3. The first-order valence-corrected chi connectivity index (χ1v) is 13.0. The third kappa shape index (κ3) is 5.66. The normalized spacial score (nSPS) is 11.5. The minimum Gasteiger partial charge on any atom is -0.492 e. The lowest BCUT2D eigenvalue weighted by atomic mass is 10.0. The zero-order valence-corrected chi connectivity index (χ0v) is 20.9. The molecule has 0 bridgehead atoms. The standard InChI is InChI=1S/C24H25F2N7O3S/c1-3-36-19-11-14(16-6-4-7-18(20(16)26)33-37(34,35)9-5-8-25)10-17-21(19)31-23(32-22(17)27)15-12-29-24(28-2)30-13-15/h4,6-7,10-13,33H,3,5,8-9H2,1-2H3,(H2,27,31,32)(H,28,29,30). The predicted octanol–water partition coefficient (Wildman–Crippen LogP) is 4.02. The number of benzene rings is 2. The molecule has 0 spiro atoms. The van der Waals surface area contributed by atoms with Gasteiger partial charge in [-0.05, 0) is 37.1 Å². The van der Waals surface area contributed by atoms with Crippen molar-refractivity contribution in [1.29, 1.82) is 0 Å². The molecule has 37 heavy (non-hydrogen) atoms. The molecule has 0 saturated carbocycles. The number of halogens is 2. The number of fused-ring (bicyclic) bond motifs is 1. The molecule has 2 heterocycles. The molecule has 0 aliphatic heterocycles. The van der Waals surface area contributed by atoms with Crippen molar-refractivity contribution in [3.05, 3.63) is 48.5 Å². The van der Waals surface area contributed by atoms with Crippen molar-refractivity contribution in [2.24, 2.45) is 0 Å². The van der Waals surface area contributed by atoms with Gasteiger partial charge in [0.25, 0.3) is 0 Å². The molecule has 10 nitrogen and oxygen atoms in total. The Labute approximate surface area is 212 Å². The molecule has 2 aromatic heterocycles. The lowest BCUT2D eigenvalue weighted by Gasteiger charge is -2.15. The summed E-state index contributed by atoms with van der Waals surface area (Å²) >= 11 is 0. The fourth-order valence-corrected chi connectivity index (χ4v) is 4.73. The molecule has 0 saturated heterocycles. The van der Waals surface area contributed by atoms with Crippen LogP contribution in [0.3, 0.4) is 0 Å². The van der Waals surface area contributed by atoms with E-state index in [1.54, 1.807) is 38.5 Å². The topological polar surface area (TPSA) is 145 Å². The Kier molecular flexibility index (Phi) is 7.62. The van der Waals surface area contributed by atoms with E-state index in [0.29, 0.717) is 40.3 Å². The van der Waals surface area contributed by atoms with Crippen molar-refractivity contribution < 1.29 is 21.9 Å². The molecule has 0 aliphatic carbocycles. The van der Waals surface area contributed by atoms with Crippen LogP contribution in [0.2, 0.25) is 0 Å². The Morgan fingerprint density at radius 3 is 2.54 bits per heavy atom. The van der Waals surface area contributed by atoms with Crippen LogP contribution >= 0.6 is 0 Å². The van der Waals surface area contributed by atoms with Gasteiger partial charge >= 0.3 is 0 Å². The van der Waals surface area contributed by atoms with E-state index >= 15 is 4.39 Å². The van der Waals surface area contributed by atoms with E-state index in [1.165, 1.54) is 18.2 Å². The number of nitrogen functional groups attached to an aromatic ring is 1. The smallest absolute Gasteiger partial charge is 0.232 e. The first-order chi connectivity index (χ1) is 17.8. The first kappa shape index (κ1) is 25.9. The third-order valence-corrected chi connectivity index (χ3v) is 6.71. The van der Waals surface area contributed by atoms with Gasteiger partial charge in [-0.2, -0.15) is 0 Å². The van der Waals surface area contributed by atoms with Crippen LogP contribution in [-0.4, -0.2) is 54.4 Å². The maximum Gasteiger partial charge on any atom is 0.232 e. The molecule has 0 amide bonds. The summed E-state index contributed by atoms with van der Waals surface area (Å²) in [5, 5.41) is 3.25. The van der Waals surface area contributed by atoms with Crippen LogP contribution in [-0.2, 0) is 10.0 Å². The van der Waals surface area contributed by atoms with E-state index in [-0.39, 0.29) is 29.3 Å².